The second-order valence-electron chi connectivity index (χ2n) is 7.57. The number of ether oxygens (including phenoxy) is 1. The topological polar surface area (TPSA) is 9.23 Å². The largest absolute Gasteiger partial charge is 0.494 e. The lowest BCUT2D eigenvalue weighted by Gasteiger charge is -2.26. The van der Waals surface area contributed by atoms with Crippen molar-refractivity contribution in [3.63, 3.8) is 0 Å². The third kappa shape index (κ3) is 5.67. The predicted octanol–water partition coefficient (Wildman–Crippen LogP) is 6.24. The molecule has 2 aromatic rings. The van der Waals surface area contributed by atoms with Crippen molar-refractivity contribution in [3.8, 4) is 17.6 Å². The van der Waals surface area contributed by atoms with E-state index in [0.29, 0.717) is 6.61 Å². The van der Waals surface area contributed by atoms with Crippen LogP contribution < -0.4 is 4.74 Å². The highest BCUT2D eigenvalue weighted by Crippen LogP contribution is 2.31. The van der Waals surface area contributed by atoms with Gasteiger partial charge in [0.25, 0.3) is 0 Å². The number of hydrogen-bond acceptors (Lipinski definition) is 1. The monoisotopic (exact) mass is 346 g/mol. The van der Waals surface area contributed by atoms with Crippen molar-refractivity contribution in [2.24, 2.45) is 11.8 Å². The van der Waals surface area contributed by atoms with Crippen LogP contribution in [0.2, 0.25) is 0 Å². The van der Waals surface area contributed by atoms with Crippen LogP contribution in [0.15, 0.2) is 48.5 Å². The first-order valence-electron chi connectivity index (χ1n) is 10.1. The van der Waals surface area contributed by atoms with Crippen molar-refractivity contribution in [2.75, 3.05) is 6.61 Å². The minimum Gasteiger partial charge on any atom is -0.494 e. The summed E-state index contributed by atoms with van der Waals surface area (Å²) in [7, 11) is 0. The van der Waals surface area contributed by atoms with Crippen LogP contribution in [0.3, 0.4) is 0 Å². The summed E-state index contributed by atoms with van der Waals surface area (Å²) in [5.74, 6) is 9.27. The van der Waals surface area contributed by atoms with Gasteiger partial charge in [0.15, 0.2) is 0 Å². The molecule has 0 aromatic heterocycles. The van der Waals surface area contributed by atoms with Gasteiger partial charge in [-0.1, -0.05) is 56.6 Å². The Morgan fingerprint density at radius 2 is 1.42 bits per heavy atom. The Morgan fingerprint density at radius 3 is 2.00 bits per heavy atom. The van der Waals surface area contributed by atoms with Gasteiger partial charge in [0.2, 0.25) is 0 Å². The molecule has 0 N–H and O–H groups in total. The fourth-order valence-electron chi connectivity index (χ4n) is 3.69. The number of rotatable bonds is 5. The van der Waals surface area contributed by atoms with Gasteiger partial charge >= 0.3 is 0 Å². The van der Waals surface area contributed by atoms with E-state index in [2.05, 4.69) is 43.0 Å². The molecule has 0 atom stereocenters. The van der Waals surface area contributed by atoms with Gasteiger partial charge in [0.05, 0.1) is 6.61 Å². The average Bonchev–Trinajstić information content (AvgIpc) is 2.68. The SMILES string of the molecule is CCOc1ccc(C#Cc2ccc(CCC3CCC(C)CC3)cc2)cc1. The van der Waals surface area contributed by atoms with E-state index in [1.54, 1.807) is 0 Å². The number of benzene rings is 2. The third-order valence-corrected chi connectivity index (χ3v) is 5.45. The highest BCUT2D eigenvalue weighted by molar-refractivity contribution is 5.44. The summed E-state index contributed by atoms with van der Waals surface area (Å²) >= 11 is 0. The van der Waals surface area contributed by atoms with Gasteiger partial charge in [0.1, 0.15) is 5.75 Å². The van der Waals surface area contributed by atoms with E-state index < -0.39 is 0 Å². The predicted molar refractivity (Wildman–Crippen MR) is 109 cm³/mol. The van der Waals surface area contributed by atoms with Crippen molar-refractivity contribution < 1.29 is 4.74 Å². The minimum absolute atomic E-state index is 0.692. The maximum atomic E-state index is 5.46. The summed E-state index contributed by atoms with van der Waals surface area (Å²) < 4.78 is 5.46. The second kappa shape index (κ2) is 9.48. The molecule has 0 aliphatic heterocycles. The second-order valence-corrected chi connectivity index (χ2v) is 7.57. The number of hydrogen-bond donors (Lipinski definition) is 0. The van der Waals surface area contributed by atoms with Crippen LogP contribution in [0, 0.1) is 23.7 Å². The quantitative estimate of drug-likeness (QED) is 0.582. The van der Waals surface area contributed by atoms with Gasteiger partial charge in [-0.2, -0.15) is 0 Å². The van der Waals surface area contributed by atoms with Crippen LogP contribution in [0.5, 0.6) is 5.75 Å². The van der Waals surface area contributed by atoms with Crippen molar-refractivity contribution in [1.29, 1.82) is 0 Å². The molecule has 2 aromatic carbocycles. The van der Waals surface area contributed by atoms with Crippen molar-refractivity contribution in [1.82, 2.24) is 0 Å². The third-order valence-electron chi connectivity index (χ3n) is 5.45. The molecule has 0 amide bonds. The fraction of sp³-hybridized carbons (Fsp3) is 0.440. The molecule has 3 rings (SSSR count). The van der Waals surface area contributed by atoms with E-state index >= 15 is 0 Å². The Balaban J connectivity index is 1.51. The van der Waals surface area contributed by atoms with E-state index in [-0.39, 0.29) is 0 Å². The number of aryl methyl sites for hydroxylation is 1. The summed E-state index contributed by atoms with van der Waals surface area (Å²) in [4.78, 5) is 0. The van der Waals surface area contributed by atoms with E-state index in [0.717, 1.165) is 28.7 Å². The van der Waals surface area contributed by atoms with E-state index in [9.17, 15) is 0 Å². The Labute approximate surface area is 158 Å². The van der Waals surface area contributed by atoms with Crippen LogP contribution in [-0.4, -0.2) is 6.61 Å². The summed E-state index contributed by atoms with van der Waals surface area (Å²) in [5, 5.41) is 0. The Kier molecular flexibility index (Phi) is 6.78. The van der Waals surface area contributed by atoms with Crippen LogP contribution in [0.4, 0.5) is 0 Å². The summed E-state index contributed by atoms with van der Waals surface area (Å²) in [6, 6.07) is 16.8. The van der Waals surface area contributed by atoms with Crippen molar-refractivity contribution in [3.05, 3.63) is 65.2 Å². The molecule has 1 aliphatic carbocycles. The van der Waals surface area contributed by atoms with Crippen LogP contribution >= 0.6 is 0 Å². The van der Waals surface area contributed by atoms with E-state index in [1.807, 2.05) is 31.2 Å². The zero-order valence-electron chi connectivity index (χ0n) is 16.1. The lowest BCUT2D eigenvalue weighted by molar-refractivity contribution is 0.278. The molecule has 0 heterocycles. The van der Waals surface area contributed by atoms with Crippen LogP contribution in [0.25, 0.3) is 0 Å². The summed E-state index contributed by atoms with van der Waals surface area (Å²) in [5.41, 5.74) is 3.54. The van der Waals surface area contributed by atoms with Gasteiger partial charge in [0, 0.05) is 11.1 Å². The zero-order chi connectivity index (χ0) is 18.2. The van der Waals surface area contributed by atoms with Gasteiger partial charge < -0.3 is 4.74 Å². The molecule has 0 spiro atoms. The maximum Gasteiger partial charge on any atom is 0.119 e. The Hall–Kier alpha value is -2.20. The first kappa shape index (κ1) is 18.6. The standard InChI is InChI=1S/C25H30O/c1-3-26-25-18-16-24(17-19-25)15-14-23-12-10-22(11-13-23)9-8-21-6-4-20(2)5-7-21/h10-13,16-21H,3-9H2,1-2H3. The van der Waals surface area contributed by atoms with Crippen LogP contribution in [-0.2, 0) is 6.42 Å². The molecule has 0 bridgehead atoms. The Bertz CT molecular complexity index is 722. The molecule has 1 nitrogen and oxygen atoms in total. The highest BCUT2D eigenvalue weighted by Gasteiger charge is 2.17. The summed E-state index contributed by atoms with van der Waals surface area (Å²) in [6.45, 7) is 5.08. The van der Waals surface area contributed by atoms with E-state index in [4.69, 9.17) is 4.74 Å². The van der Waals surface area contributed by atoms with Gasteiger partial charge in [-0.15, -0.1) is 0 Å². The van der Waals surface area contributed by atoms with Crippen molar-refractivity contribution in [2.45, 2.75) is 52.4 Å². The molecule has 1 aliphatic rings. The molecular weight excluding hydrogens is 316 g/mol. The van der Waals surface area contributed by atoms with E-state index in [1.165, 1.54) is 44.1 Å². The van der Waals surface area contributed by atoms with Gasteiger partial charge in [-0.3, -0.25) is 0 Å². The maximum absolute atomic E-state index is 5.46. The first-order chi connectivity index (χ1) is 12.7. The van der Waals surface area contributed by atoms with Crippen LogP contribution in [0.1, 0.15) is 62.6 Å². The van der Waals surface area contributed by atoms with Crippen molar-refractivity contribution >= 4 is 0 Å². The average molecular weight is 347 g/mol. The molecule has 0 saturated heterocycles. The molecular formula is C25H30O. The molecule has 1 saturated carbocycles. The molecule has 0 radical (unpaired) electrons. The smallest absolute Gasteiger partial charge is 0.119 e. The highest BCUT2D eigenvalue weighted by atomic mass is 16.5. The zero-order valence-corrected chi connectivity index (χ0v) is 16.1. The molecule has 0 unspecified atom stereocenters. The van der Waals surface area contributed by atoms with Gasteiger partial charge in [-0.25, -0.2) is 0 Å². The molecule has 1 fully saturated rings. The molecule has 1 heteroatoms. The first-order valence-corrected chi connectivity index (χ1v) is 10.1. The Morgan fingerprint density at radius 1 is 0.846 bits per heavy atom. The fourth-order valence-corrected chi connectivity index (χ4v) is 3.69. The minimum atomic E-state index is 0.692. The lowest BCUT2D eigenvalue weighted by atomic mass is 9.80. The molecule has 136 valence electrons. The lowest BCUT2D eigenvalue weighted by Crippen LogP contribution is -2.12. The molecule has 26 heavy (non-hydrogen) atoms. The summed E-state index contributed by atoms with van der Waals surface area (Å²) in [6.07, 6.45) is 8.23. The van der Waals surface area contributed by atoms with Gasteiger partial charge in [-0.05, 0) is 73.6 Å². The normalized spacial score (nSPS) is 19.5.